The van der Waals surface area contributed by atoms with E-state index in [1.165, 1.54) is 0 Å². The number of anilines is 1. The quantitative estimate of drug-likeness (QED) is 0.858. The molecule has 0 aliphatic heterocycles. The number of aromatic nitrogens is 2. The van der Waals surface area contributed by atoms with Crippen molar-refractivity contribution in [2.75, 3.05) is 12.8 Å². The number of aryl methyl sites for hydroxylation is 3. The van der Waals surface area contributed by atoms with Crippen LogP contribution >= 0.6 is 0 Å². The van der Waals surface area contributed by atoms with E-state index in [4.69, 9.17) is 10.5 Å². The highest BCUT2D eigenvalue weighted by Crippen LogP contribution is 2.33. The Balaban J connectivity index is 2.67. The minimum atomic E-state index is 0.427. The summed E-state index contributed by atoms with van der Waals surface area (Å²) in [5, 5.41) is 4.54. The van der Waals surface area contributed by atoms with Crippen molar-refractivity contribution in [3.63, 3.8) is 0 Å². The average molecular weight is 287 g/mol. The number of nitrogen functional groups attached to an aromatic ring is 1. The number of rotatable bonds is 5. The number of aldehydes is 1. The summed E-state index contributed by atoms with van der Waals surface area (Å²) in [6.45, 7) is 6.70. The van der Waals surface area contributed by atoms with Gasteiger partial charge in [-0.25, -0.2) is 4.68 Å². The molecule has 0 saturated carbocycles. The predicted octanol–water partition coefficient (Wildman–Crippen LogP) is 2.98. The molecule has 0 bridgehead atoms. The Morgan fingerprint density at radius 3 is 2.43 bits per heavy atom. The number of carbonyl (C=O) groups is 1. The second-order valence-corrected chi connectivity index (χ2v) is 5.12. The van der Waals surface area contributed by atoms with Crippen LogP contribution in [0, 0.1) is 13.8 Å². The molecule has 1 heterocycles. The smallest absolute Gasteiger partial charge is 0.156 e. The van der Waals surface area contributed by atoms with Gasteiger partial charge in [0.05, 0.1) is 12.7 Å². The van der Waals surface area contributed by atoms with Gasteiger partial charge in [0.1, 0.15) is 17.3 Å². The van der Waals surface area contributed by atoms with Gasteiger partial charge in [-0.15, -0.1) is 0 Å². The SMILES string of the molecule is CCCn1nc(-c2c(C)cc(OC)cc2C)c(C=O)c1N. The van der Waals surface area contributed by atoms with Gasteiger partial charge >= 0.3 is 0 Å². The van der Waals surface area contributed by atoms with Crippen molar-refractivity contribution < 1.29 is 9.53 Å². The highest BCUT2D eigenvalue weighted by Gasteiger charge is 2.19. The molecule has 0 saturated heterocycles. The number of nitrogens with zero attached hydrogens (tertiary/aromatic N) is 2. The van der Waals surface area contributed by atoms with Crippen molar-refractivity contribution in [3.8, 4) is 17.0 Å². The van der Waals surface area contributed by atoms with Gasteiger partial charge in [-0.05, 0) is 43.5 Å². The van der Waals surface area contributed by atoms with Crippen LogP contribution in [0.15, 0.2) is 12.1 Å². The van der Waals surface area contributed by atoms with Crippen molar-refractivity contribution in [2.24, 2.45) is 0 Å². The lowest BCUT2D eigenvalue weighted by Crippen LogP contribution is -2.04. The van der Waals surface area contributed by atoms with Gasteiger partial charge in [0, 0.05) is 12.1 Å². The van der Waals surface area contributed by atoms with Gasteiger partial charge in [0.2, 0.25) is 0 Å². The van der Waals surface area contributed by atoms with Crippen LogP contribution in [-0.4, -0.2) is 23.2 Å². The third-order valence-electron chi connectivity index (χ3n) is 3.56. The fraction of sp³-hybridized carbons (Fsp3) is 0.375. The number of benzene rings is 1. The van der Waals surface area contributed by atoms with E-state index < -0.39 is 0 Å². The second-order valence-electron chi connectivity index (χ2n) is 5.12. The fourth-order valence-corrected chi connectivity index (χ4v) is 2.59. The van der Waals surface area contributed by atoms with Crippen LogP contribution in [0.4, 0.5) is 5.82 Å². The first-order valence-electron chi connectivity index (χ1n) is 7.00. The predicted molar refractivity (Wildman–Crippen MR) is 83.8 cm³/mol. The van der Waals surface area contributed by atoms with Crippen LogP contribution in [0.3, 0.4) is 0 Å². The molecule has 0 aliphatic rings. The number of ether oxygens (including phenoxy) is 1. The molecule has 2 N–H and O–H groups in total. The molecule has 112 valence electrons. The van der Waals surface area contributed by atoms with E-state index in [0.29, 0.717) is 23.6 Å². The van der Waals surface area contributed by atoms with Gasteiger partial charge in [0.25, 0.3) is 0 Å². The first-order valence-corrected chi connectivity index (χ1v) is 7.00. The van der Waals surface area contributed by atoms with E-state index in [1.807, 2.05) is 32.9 Å². The summed E-state index contributed by atoms with van der Waals surface area (Å²) in [6.07, 6.45) is 1.69. The summed E-state index contributed by atoms with van der Waals surface area (Å²) in [5.74, 6) is 1.22. The van der Waals surface area contributed by atoms with Gasteiger partial charge in [-0.2, -0.15) is 5.10 Å². The monoisotopic (exact) mass is 287 g/mol. The standard InChI is InChI=1S/C16H21N3O2/c1-5-6-19-16(17)13(9-20)15(18-19)14-10(2)7-12(21-4)8-11(14)3/h7-9H,5-6,17H2,1-4H3. The van der Waals surface area contributed by atoms with Gasteiger partial charge in [-0.1, -0.05) is 6.92 Å². The molecule has 5 nitrogen and oxygen atoms in total. The summed E-state index contributed by atoms with van der Waals surface area (Å²) in [7, 11) is 1.64. The highest BCUT2D eigenvalue weighted by atomic mass is 16.5. The topological polar surface area (TPSA) is 70.1 Å². The Kier molecular flexibility index (Phi) is 4.31. The summed E-state index contributed by atoms with van der Waals surface area (Å²) >= 11 is 0. The van der Waals surface area contributed by atoms with Gasteiger partial charge in [0.15, 0.2) is 6.29 Å². The van der Waals surface area contributed by atoms with E-state index in [2.05, 4.69) is 5.10 Å². The Morgan fingerprint density at radius 1 is 1.33 bits per heavy atom. The average Bonchev–Trinajstić information content (AvgIpc) is 2.75. The molecule has 5 heteroatoms. The maximum Gasteiger partial charge on any atom is 0.156 e. The van der Waals surface area contributed by atoms with Crippen molar-refractivity contribution >= 4 is 12.1 Å². The van der Waals surface area contributed by atoms with Crippen molar-refractivity contribution in [1.82, 2.24) is 9.78 Å². The van der Waals surface area contributed by atoms with E-state index in [0.717, 1.165) is 35.1 Å². The molecule has 2 aromatic rings. The summed E-state index contributed by atoms with van der Waals surface area (Å²) in [4.78, 5) is 11.4. The lowest BCUT2D eigenvalue weighted by molar-refractivity contribution is 0.112. The normalized spacial score (nSPS) is 10.7. The van der Waals surface area contributed by atoms with E-state index in [1.54, 1.807) is 11.8 Å². The number of carbonyl (C=O) groups excluding carboxylic acids is 1. The molecule has 1 aromatic carbocycles. The van der Waals surface area contributed by atoms with Crippen LogP contribution in [0.2, 0.25) is 0 Å². The Bertz CT molecular complexity index is 651. The maximum absolute atomic E-state index is 11.4. The lowest BCUT2D eigenvalue weighted by Gasteiger charge is -2.10. The highest BCUT2D eigenvalue weighted by molar-refractivity contribution is 5.93. The number of methoxy groups -OCH3 is 1. The number of hydrogen-bond donors (Lipinski definition) is 1. The molecule has 0 radical (unpaired) electrons. The van der Waals surface area contributed by atoms with Crippen molar-refractivity contribution in [2.45, 2.75) is 33.7 Å². The lowest BCUT2D eigenvalue weighted by atomic mass is 9.97. The molecule has 1 aromatic heterocycles. The molecule has 21 heavy (non-hydrogen) atoms. The molecule has 2 rings (SSSR count). The third kappa shape index (κ3) is 2.63. The van der Waals surface area contributed by atoms with Crippen LogP contribution in [-0.2, 0) is 6.54 Å². The first kappa shape index (κ1) is 15.1. The Morgan fingerprint density at radius 2 is 1.95 bits per heavy atom. The first-order chi connectivity index (χ1) is 10.0. The van der Waals surface area contributed by atoms with E-state index >= 15 is 0 Å². The maximum atomic E-state index is 11.4. The molecule has 0 spiro atoms. The Labute approximate surface area is 124 Å². The Hall–Kier alpha value is -2.30. The van der Waals surface area contributed by atoms with Crippen LogP contribution < -0.4 is 10.5 Å². The van der Waals surface area contributed by atoms with Crippen LogP contribution in [0.25, 0.3) is 11.3 Å². The molecule has 0 aliphatic carbocycles. The molecule has 0 fully saturated rings. The number of nitrogens with two attached hydrogens (primary N) is 1. The zero-order valence-electron chi connectivity index (χ0n) is 12.9. The molecular formula is C16H21N3O2. The van der Waals surface area contributed by atoms with E-state index in [9.17, 15) is 4.79 Å². The van der Waals surface area contributed by atoms with Crippen LogP contribution in [0.1, 0.15) is 34.8 Å². The van der Waals surface area contributed by atoms with Crippen molar-refractivity contribution in [3.05, 3.63) is 28.8 Å². The molecule has 0 unspecified atom stereocenters. The molecule has 0 atom stereocenters. The fourth-order valence-electron chi connectivity index (χ4n) is 2.59. The number of hydrogen-bond acceptors (Lipinski definition) is 4. The summed E-state index contributed by atoms with van der Waals surface area (Å²) in [6, 6.07) is 3.87. The van der Waals surface area contributed by atoms with Gasteiger partial charge in [-0.3, -0.25) is 4.79 Å². The summed E-state index contributed by atoms with van der Waals surface area (Å²) in [5.41, 5.74) is 10.1. The molecular weight excluding hydrogens is 266 g/mol. The molecule has 0 amide bonds. The minimum Gasteiger partial charge on any atom is -0.497 e. The zero-order valence-corrected chi connectivity index (χ0v) is 12.9. The summed E-state index contributed by atoms with van der Waals surface area (Å²) < 4.78 is 6.97. The third-order valence-corrected chi connectivity index (χ3v) is 3.56. The largest absolute Gasteiger partial charge is 0.497 e. The van der Waals surface area contributed by atoms with Crippen LogP contribution in [0.5, 0.6) is 5.75 Å². The van der Waals surface area contributed by atoms with Crippen molar-refractivity contribution in [1.29, 1.82) is 0 Å². The minimum absolute atomic E-state index is 0.427. The van der Waals surface area contributed by atoms with E-state index in [-0.39, 0.29) is 0 Å². The zero-order chi connectivity index (χ0) is 15.6. The second kappa shape index (κ2) is 5.99. The van der Waals surface area contributed by atoms with Gasteiger partial charge < -0.3 is 10.5 Å².